The number of benzene rings is 2. The van der Waals surface area contributed by atoms with Gasteiger partial charge in [0, 0.05) is 22.2 Å². The van der Waals surface area contributed by atoms with Gasteiger partial charge in [-0.3, -0.25) is 0 Å². The van der Waals surface area contributed by atoms with Gasteiger partial charge in [-0.15, -0.1) is 0 Å². The van der Waals surface area contributed by atoms with Gasteiger partial charge in [0.1, 0.15) is 5.75 Å². The molecule has 0 saturated heterocycles. The molecule has 1 heterocycles. The molecular weight excluding hydrogens is 272 g/mol. The average Bonchev–Trinajstić information content (AvgIpc) is 2.69. The smallest absolute Gasteiger partial charge is 0.396 e. The lowest BCUT2D eigenvalue weighted by Gasteiger charge is -2.05. The highest BCUT2D eigenvalue weighted by Crippen LogP contribution is 2.36. The molecule has 0 aliphatic carbocycles. The Balaban J connectivity index is 2.41. The topological polar surface area (TPSA) is 50.4 Å². The van der Waals surface area contributed by atoms with Crippen molar-refractivity contribution in [3.05, 3.63) is 51.2 Å². The Kier molecular flexibility index (Phi) is 2.61. The highest BCUT2D eigenvalue weighted by molar-refractivity contribution is 7.16. The van der Waals surface area contributed by atoms with Crippen LogP contribution in [0.3, 0.4) is 0 Å². The maximum absolute atomic E-state index is 11.3. The van der Waals surface area contributed by atoms with Crippen LogP contribution in [-0.4, -0.2) is 5.11 Å². The van der Waals surface area contributed by atoms with Crippen LogP contribution in [0.2, 0.25) is 5.02 Å². The van der Waals surface area contributed by atoms with Gasteiger partial charge in [-0.05, 0) is 12.1 Å². The minimum Gasteiger partial charge on any atom is -0.508 e. The number of phenolic OH excluding ortho intramolecular Hbond substituents is 1. The van der Waals surface area contributed by atoms with Crippen molar-refractivity contribution >= 4 is 33.2 Å². The van der Waals surface area contributed by atoms with Crippen LogP contribution in [0.5, 0.6) is 5.75 Å². The van der Waals surface area contributed by atoms with Crippen LogP contribution >= 0.6 is 22.9 Å². The quantitative estimate of drug-likeness (QED) is 0.735. The van der Waals surface area contributed by atoms with Crippen LogP contribution in [0.4, 0.5) is 0 Å². The van der Waals surface area contributed by atoms with Crippen molar-refractivity contribution in [2.45, 2.75) is 0 Å². The van der Waals surface area contributed by atoms with Crippen molar-refractivity contribution in [2.24, 2.45) is 0 Å². The number of hydrogen-bond acceptors (Lipinski definition) is 4. The second-order valence-corrected chi connectivity index (χ2v) is 5.14. The molecule has 0 unspecified atom stereocenters. The van der Waals surface area contributed by atoms with Crippen LogP contribution in [0, 0.1) is 0 Å². The first kappa shape index (κ1) is 11.3. The molecule has 0 aliphatic rings. The molecule has 90 valence electrons. The van der Waals surface area contributed by atoms with Gasteiger partial charge in [-0.2, -0.15) is 0 Å². The van der Waals surface area contributed by atoms with E-state index in [2.05, 4.69) is 0 Å². The summed E-state index contributed by atoms with van der Waals surface area (Å²) in [4.78, 5) is 10.9. The summed E-state index contributed by atoms with van der Waals surface area (Å²) in [7, 11) is 0. The third-order valence-corrected chi connectivity index (χ3v) is 3.69. The van der Waals surface area contributed by atoms with E-state index in [-0.39, 0.29) is 5.75 Å². The number of phenols is 1. The second-order valence-electron chi connectivity index (χ2n) is 3.75. The summed E-state index contributed by atoms with van der Waals surface area (Å²) in [5.41, 5.74) is 1.80. The van der Waals surface area contributed by atoms with Crippen molar-refractivity contribution in [1.29, 1.82) is 0 Å². The van der Waals surface area contributed by atoms with Crippen molar-refractivity contribution in [1.82, 2.24) is 0 Å². The molecular formula is C13H7ClO3S. The lowest BCUT2D eigenvalue weighted by molar-refractivity contribution is 0.476. The summed E-state index contributed by atoms with van der Waals surface area (Å²) in [5, 5.41) is 10.2. The van der Waals surface area contributed by atoms with Gasteiger partial charge < -0.3 is 9.52 Å². The first-order valence-corrected chi connectivity index (χ1v) is 6.36. The summed E-state index contributed by atoms with van der Waals surface area (Å²) in [5.74, 6) is 0.0782. The Morgan fingerprint density at radius 1 is 1.17 bits per heavy atom. The molecule has 0 amide bonds. The molecule has 18 heavy (non-hydrogen) atoms. The van der Waals surface area contributed by atoms with Crippen LogP contribution in [0.1, 0.15) is 0 Å². The Morgan fingerprint density at radius 2 is 1.94 bits per heavy atom. The first-order chi connectivity index (χ1) is 8.65. The number of halogens is 1. The van der Waals surface area contributed by atoms with E-state index in [1.807, 2.05) is 18.2 Å². The van der Waals surface area contributed by atoms with E-state index in [0.717, 1.165) is 16.9 Å². The van der Waals surface area contributed by atoms with Gasteiger partial charge in [0.15, 0.2) is 5.58 Å². The van der Waals surface area contributed by atoms with Gasteiger partial charge in [0.2, 0.25) is 0 Å². The Labute approximate surface area is 111 Å². The van der Waals surface area contributed by atoms with Crippen molar-refractivity contribution < 1.29 is 9.52 Å². The minimum atomic E-state index is -0.399. The summed E-state index contributed by atoms with van der Waals surface area (Å²) >= 11 is 7.08. The van der Waals surface area contributed by atoms with E-state index in [1.54, 1.807) is 12.1 Å². The highest BCUT2D eigenvalue weighted by Gasteiger charge is 2.13. The molecule has 3 aromatic rings. The van der Waals surface area contributed by atoms with E-state index in [4.69, 9.17) is 16.0 Å². The Morgan fingerprint density at radius 3 is 2.72 bits per heavy atom. The number of fused-ring (bicyclic) bond motifs is 1. The average molecular weight is 279 g/mol. The maximum Gasteiger partial charge on any atom is 0.396 e. The summed E-state index contributed by atoms with van der Waals surface area (Å²) < 4.78 is 5.76. The van der Waals surface area contributed by atoms with Gasteiger partial charge in [-0.25, -0.2) is 4.79 Å². The van der Waals surface area contributed by atoms with Gasteiger partial charge in [0.05, 0.1) is 4.70 Å². The fraction of sp³-hybridized carbons (Fsp3) is 0. The van der Waals surface area contributed by atoms with Crippen molar-refractivity contribution in [3.63, 3.8) is 0 Å². The zero-order valence-electron chi connectivity index (χ0n) is 9.01. The molecule has 0 aliphatic heterocycles. The molecule has 0 fully saturated rings. The molecule has 2 aromatic carbocycles. The van der Waals surface area contributed by atoms with Gasteiger partial charge in [-0.1, -0.05) is 41.1 Å². The van der Waals surface area contributed by atoms with Crippen molar-refractivity contribution in [2.75, 3.05) is 0 Å². The van der Waals surface area contributed by atoms with Crippen LogP contribution < -0.4 is 4.94 Å². The van der Waals surface area contributed by atoms with Crippen LogP contribution in [0.15, 0.2) is 45.6 Å². The second kappa shape index (κ2) is 4.15. The zero-order valence-corrected chi connectivity index (χ0v) is 10.6. The monoisotopic (exact) mass is 278 g/mol. The van der Waals surface area contributed by atoms with Crippen LogP contribution in [0.25, 0.3) is 21.4 Å². The normalized spacial score (nSPS) is 10.9. The van der Waals surface area contributed by atoms with E-state index in [1.165, 1.54) is 6.07 Å². The minimum absolute atomic E-state index is 0.0782. The zero-order chi connectivity index (χ0) is 12.7. The number of rotatable bonds is 1. The summed E-state index contributed by atoms with van der Waals surface area (Å²) in [6.45, 7) is 0. The lowest BCUT2D eigenvalue weighted by Crippen LogP contribution is -1.83. The molecule has 0 spiro atoms. The van der Waals surface area contributed by atoms with E-state index in [0.29, 0.717) is 20.9 Å². The molecule has 0 atom stereocenters. The van der Waals surface area contributed by atoms with Crippen molar-refractivity contribution in [3.8, 4) is 16.9 Å². The maximum atomic E-state index is 11.3. The number of hydrogen-bond donors (Lipinski definition) is 1. The first-order valence-electron chi connectivity index (χ1n) is 5.17. The number of aromatic hydroxyl groups is 1. The molecule has 0 radical (unpaired) electrons. The molecule has 0 saturated carbocycles. The summed E-state index contributed by atoms with van der Waals surface area (Å²) in [6, 6.07) is 10.3. The summed E-state index contributed by atoms with van der Waals surface area (Å²) in [6.07, 6.45) is 0. The Hall–Kier alpha value is -1.78. The predicted octanol–water partition coefficient (Wildman–Crippen LogP) is 3.88. The van der Waals surface area contributed by atoms with Crippen LogP contribution in [-0.2, 0) is 0 Å². The standard InChI is InChI=1S/C13H7ClO3S/c14-10-4-2-1-3-8(10)9-5-7(15)6-11-12(9)17-13(16)18-11/h1-6,15H. The SMILES string of the molecule is O=c1oc2c(-c3ccccc3Cl)cc(O)cc2s1. The van der Waals surface area contributed by atoms with Gasteiger partial charge in [0.25, 0.3) is 0 Å². The molecule has 1 N–H and O–H groups in total. The third-order valence-electron chi connectivity index (χ3n) is 2.58. The third kappa shape index (κ3) is 1.79. The molecule has 3 rings (SSSR count). The Bertz CT molecular complexity index is 788. The molecule has 1 aromatic heterocycles. The fourth-order valence-corrected chi connectivity index (χ4v) is 2.81. The van der Waals surface area contributed by atoms with Gasteiger partial charge >= 0.3 is 4.94 Å². The molecule has 3 nitrogen and oxygen atoms in total. The van der Waals surface area contributed by atoms with E-state index < -0.39 is 4.94 Å². The molecule has 0 bridgehead atoms. The lowest BCUT2D eigenvalue weighted by atomic mass is 10.0. The fourth-order valence-electron chi connectivity index (χ4n) is 1.84. The van der Waals surface area contributed by atoms with E-state index >= 15 is 0 Å². The van der Waals surface area contributed by atoms with E-state index in [9.17, 15) is 9.90 Å². The predicted molar refractivity (Wildman–Crippen MR) is 72.5 cm³/mol. The highest BCUT2D eigenvalue weighted by atomic mass is 35.5. The largest absolute Gasteiger partial charge is 0.508 e. The molecule has 5 heteroatoms.